The van der Waals surface area contributed by atoms with Gasteiger partial charge >= 0.3 is 0 Å². The lowest BCUT2D eigenvalue weighted by atomic mass is 9.94. The average Bonchev–Trinajstić information content (AvgIpc) is 2.77. The zero-order chi connectivity index (χ0) is 20.4. The number of aromatic nitrogens is 1. The van der Waals surface area contributed by atoms with Crippen molar-refractivity contribution in [3.05, 3.63) is 83.0 Å². The summed E-state index contributed by atoms with van der Waals surface area (Å²) in [6, 6.07) is 20.1. The van der Waals surface area contributed by atoms with E-state index in [0.717, 1.165) is 33.2 Å². The third-order valence-electron chi connectivity index (χ3n) is 4.81. The lowest BCUT2D eigenvalue weighted by Gasteiger charge is -2.15. The van der Waals surface area contributed by atoms with E-state index in [9.17, 15) is 10.1 Å². The molecule has 0 saturated carbocycles. The van der Waals surface area contributed by atoms with Gasteiger partial charge in [-0.1, -0.05) is 30.3 Å². The standard InChI is InChI=1S/C23H18N2O4/c1-28-20-12-17-14-24-23(16-6-4-3-5-7-16)22(19(17)13-21(20)29-2)15-8-10-18(11-9-15)25(26)27/h3-14H,1-2H3. The normalized spacial score (nSPS) is 10.7. The van der Waals surface area contributed by atoms with Crippen LogP contribution in [0.25, 0.3) is 33.2 Å². The third-order valence-corrected chi connectivity index (χ3v) is 4.81. The summed E-state index contributed by atoms with van der Waals surface area (Å²) in [7, 11) is 3.18. The Hall–Kier alpha value is -3.93. The third kappa shape index (κ3) is 3.36. The zero-order valence-electron chi connectivity index (χ0n) is 16.0. The van der Waals surface area contributed by atoms with Crippen LogP contribution < -0.4 is 9.47 Å². The fourth-order valence-electron chi connectivity index (χ4n) is 3.40. The Balaban J connectivity index is 2.05. The fourth-order valence-corrected chi connectivity index (χ4v) is 3.40. The molecule has 1 aromatic heterocycles. The summed E-state index contributed by atoms with van der Waals surface area (Å²) in [4.78, 5) is 15.4. The number of pyridine rings is 1. The predicted octanol–water partition coefficient (Wildman–Crippen LogP) is 5.49. The van der Waals surface area contributed by atoms with Crippen LogP contribution in [0, 0.1) is 10.1 Å². The van der Waals surface area contributed by atoms with Crippen molar-refractivity contribution in [1.29, 1.82) is 0 Å². The first-order valence-electron chi connectivity index (χ1n) is 8.97. The summed E-state index contributed by atoms with van der Waals surface area (Å²) >= 11 is 0. The van der Waals surface area contributed by atoms with Crippen LogP contribution >= 0.6 is 0 Å². The minimum absolute atomic E-state index is 0.0439. The largest absolute Gasteiger partial charge is 0.493 e. The Labute approximate surface area is 167 Å². The lowest BCUT2D eigenvalue weighted by Crippen LogP contribution is -1.95. The molecule has 4 rings (SSSR count). The molecule has 3 aromatic carbocycles. The molecule has 0 saturated heterocycles. The van der Waals surface area contributed by atoms with E-state index < -0.39 is 4.92 Å². The van der Waals surface area contributed by atoms with Gasteiger partial charge in [0.1, 0.15) is 0 Å². The van der Waals surface area contributed by atoms with Gasteiger partial charge in [0.25, 0.3) is 5.69 Å². The molecule has 6 heteroatoms. The number of benzene rings is 3. The van der Waals surface area contributed by atoms with Gasteiger partial charge in [-0.05, 0) is 35.2 Å². The SMILES string of the molecule is COc1cc2cnc(-c3ccccc3)c(-c3ccc([N+](=O)[O-])cc3)c2cc1OC. The topological polar surface area (TPSA) is 74.5 Å². The molecule has 1 heterocycles. The average molecular weight is 386 g/mol. The second-order valence-electron chi connectivity index (χ2n) is 6.45. The van der Waals surface area contributed by atoms with Crippen LogP contribution in [0.3, 0.4) is 0 Å². The Morgan fingerprint density at radius 1 is 0.862 bits per heavy atom. The van der Waals surface area contributed by atoms with Crippen molar-refractivity contribution >= 4 is 16.5 Å². The molecule has 144 valence electrons. The van der Waals surface area contributed by atoms with Crippen molar-refractivity contribution < 1.29 is 14.4 Å². The van der Waals surface area contributed by atoms with Gasteiger partial charge in [-0.25, -0.2) is 0 Å². The van der Waals surface area contributed by atoms with E-state index in [1.54, 1.807) is 32.5 Å². The summed E-state index contributed by atoms with van der Waals surface area (Å²) in [5.41, 5.74) is 3.50. The van der Waals surface area contributed by atoms with Gasteiger partial charge in [0.2, 0.25) is 0 Å². The van der Waals surface area contributed by atoms with Crippen LogP contribution in [0.4, 0.5) is 5.69 Å². The molecule has 0 bridgehead atoms. The summed E-state index contributed by atoms with van der Waals surface area (Å²) in [5, 5.41) is 12.9. The zero-order valence-corrected chi connectivity index (χ0v) is 16.0. The number of rotatable bonds is 5. The molecule has 0 fully saturated rings. The molecule has 0 aliphatic rings. The van der Waals surface area contributed by atoms with Crippen LogP contribution in [-0.4, -0.2) is 24.1 Å². The predicted molar refractivity (Wildman–Crippen MR) is 112 cm³/mol. The van der Waals surface area contributed by atoms with Crippen molar-refractivity contribution in [2.24, 2.45) is 0 Å². The van der Waals surface area contributed by atoms with Crippen LogP contribution in [-0.2, 0) is 0 Å². The summed E-state index contributed by atoms with van der Waals surface area (Å²) in [6.07, 6.45) is 1.80. The van der Waals surface area contributed by atoms with E-state index in [-0.39, 0.29) is 5.69 Å². The minimum atomic E-state index is -0.406. The van der Waals surface area contributed by atoms with Gasteiger partial charge in [-0.2, -0.15) is 0 Å². The number of hydrogen-bond donors (Lipinski definition) is 0. The van der Waals surface area contributed by atoms with E-state index in [4.69, 9.17) is 14.5 Å². The van der Waals surface area contributed by atoms with E-state index in [2.05, 4.69) is 0 Å². The quantitative estimate of drug-likeness (QED) is 0.335. The second-order valence-corrected chi connectivity index (χ2v) is 6.45. The first kappa shape index (κ1) is 18.4. The van der Waals surface area contributed by atoms with Gasteiger partial charge in [0, 0.05) is 34.8 Å². The van der Waals surface area contributed by atoms with Crippen molar-refractivity contribution in [3.8, 4) is 33.9 Å². The van der Waals surface area contributed by atoms with E-state index >= 15 is 0 Å². The van der Waals surface area contributed by atoms with E-state index in [0.29, 0.717) is 11.5 Å². The van der Waals surface area contributed by atoms with Gasteiger partial charge in [0.05, 0.1) is 24.8 Å². The first-order valence-corrected chi connectivity index (χ1v) is 8.97. The Morgan fingerprint density at radius 3 is 2.14 bits per heavy atom. The number of nitrogens with zero attached hydrogens (tertiary/aromatic N) is 2. The molecule has 0 atom stereocenters. The van der Waals surface area contributed by atoms with Crippen LogP contribution in [0.5, 0.6) is 11.5 Å². The lowest BCUT2D eigenvalue weighted by molar-refractivity contribution is -0.384. The highest BCUT2D eigenvalue weighted by atomic mass is 16.6. The maximum Gasteiger partial charge on any atom is 0.269 e. The number of methoxy groups -OCH3 is 2. The smallest absolute Gasteiger partial charge is 0.269 e. The molecule has 0 unspecified atom stereocenters. The molecule has 4 aromatic rings. The highest BCUT2D eigenvalue weighted by molar-refractivity contribution is 6.03. The molecule has 0 amide bonds. The molecule has 29 heavy (non-hydrogen) atoms. The van der Waals surface area contributed by atoms with Crippen molar-refractivity contribution in [1.82, 2.24) is 4.98 Å². The van der Waals surface area contributed by atoms with Crippen LogP contribution in [0.2, 0.25) is 0 Å². The number of ether oxygens (including phenoxy) is 2. The highest BCUT2D eigenvalue weighted by Gasteiger charge is 2.17. The maximum absolute atomic E-state index is 11.1. The molecule has 0 radical (unpaired) electrons. The van der Waals surface area contributed by atoms with Crippen LogP contribution in [0.15, 0.2) is 72.9 Å². The molecule has 0 N–H and O–H groups in total. The molecule has 0 spiro atoms. The second kappa shape index (κ2) is 7.59. The Bertz CT molecular complexity index is 1190. The van der Waals surface area contributed by atoms with Crippen molar-refractivity contribution in [3.63, 3.8) is 0 Å². The van der Waals surface area contributed by atoms with Gasteiger partial charge < -0.3 is 9.47 Å². The number of nitro benzene ring substituents is 1. The van der Waals surface area contributed by atoms with Gasteiger partial charge in [0.15, 0.2) is 11.5 Å². The highest BCUT2D eigenvalue weighted by Crippen LogP contribution is 2.41. The number of hydrogen-bond acceptors (Lipinski definition) is 5. The van der Waals surface area contributed by atoms with E-state index in [1.807, 2.05) is 42.5 Å². The molecule has 6 nitrogen and oxygen atoms in total. The maximum atomic E-state index is 11.1. The van der Waals surface area contributed by atoms with Crippen LogP contribution in [0.1, 0.15) is 0 Å². The Morgan fingerprint density at radius 2 is 1.52 bits per heavy atom. The summed E-state index contributed by atoms with van der Waals surface area (Å²) < 4.78 is 10.9. The van der Waals surface area contributed by atoms with Gasteiger partial charge in [-0.3, -0.25) is 15.1 Å². The van der Waals surface area contributed by atoms with Gasteiger partial charge in [-0.15, -0.1) is 0 Å². The minimum Gasteiger partial charge on any atom is -0.493 e. The monoisotopic (exact) mass is 386 g/mol. The van der Waals surface area contributed by atoms with Crippen molar-refractivity contribution in [2.75, 3.05) is 14.2 Å². The molecule has 0 aliphatic carbocycles. The molecule has 0 aliphatic heterocycles. The molecular formula is C23H18N2O4. The summed E-state index contributed by atoms with van der Waals surface area (Å²) in [5.74, 6) is 1.22. The fraction of sp³-hybridized carbons (Fsp3) is 0.0870. The summed E-state index contributed by atoms with van der Waals surface area (Å²) in [6.45, 7) is 0. The molecular weight excluding hydrogens is 368 g/mol. The number of fused-ring (bicyclic) bond motifs is 1. The number of non-ortho nitro benzene ring substituents is 1. The first-order chi connectivity index (χ1) is 14.1. The Kier molecular flexibility index (Phi) is 4.83. The van der Waals surface area contributed by atoms with Crippen molar-refractivity contribution in [2.45, 2.75) is 0 Å². The number of nitro groups is 1. The van der Waals surface area contributed by atoms with E-state index in [1.165, 1.54) is 12.1 Å².